The van der Waals surface area contributed by atoms with E-state index in [0.29, 0.717) is 42.7 Å². The van der Waals surface area contributed by atoms with Gasteiger partial charge in [-0.2, -0.15) is 0 Å². The molecule has 6 nitrogen and oxygen atoms in total. The van der Waals surface area contributed by atoms with Crippen LogP contribution in [-0.4, -0.2) is 41.6 Å². The van der Waals surface area contributed by atoms with Crippen LogP contribution >= 0.6 is 22.9 Å². The zero-order valence-electron chi connectivity index (χ0n) is 14.4. The molecule has 2 heterocycles. The maximum Gasteiger partial charge on any atom is 0.409 e. The van der Waals surface area contributed by atoms with Crippen LogP contribution in [0.2, 0.25) is 5.02 Å². The molecule has 2 amide bonds. The van der Waals surface area contributed by atoms with Crippen molar-refractivity contribution in [1.29, 1.82) is 0 Å². The zero-order chi connectivity index (χ0) is 18.5. The first-order valence-corrected chi connectivity index (χ1v) is 9.76. The molecule has 0 spiro atoms. The number of amides is 2. The van der Waals surface area contributed by atoms with Crippen LogP contribution in [0.15, 0.2) is 29.6 Å². The number of nitrogens with zero attached hydrogens (tertiary/aromatic N) is 2. The highest BCUT2D eigenvalue weighted by Crippen LogP contribution is 2.27. The van der Waals surface area contributed by atoms with E-state index in [2.05, 4.69) is 10.3 Å². The molecule has 0 bridgehead atoms. The molecule has 1 N–H and O–H groups in total. The van der Waals surface area contributed by atoms with Crippen LogP contribution in [0, 0.1) is 5.92 Å². The number of ether oxygens (including phenoxy) is 1. The lowest BCUT2D eigenvalue weighted by molar-refractivity contribution is -0.121. The van der Waals surface area contributed by atoms with Gasteiger partial charge in [0.1, 0.15) is 0 Å². The van der Waals surface area contributed by atoms with Crippen molar-refractivity contribution < 1.29 is 14.3 Å². The fourth-order valence-corrected chi connectivity index (χ4v) is 3.68. The molecule has 1 aromatic carbocycles. The van der Waals surface area contributed by atoms with Gasteiger partial charge in [0.15, 0.2) is 5.13 Å². The average molecular weight is 394 g/mol. The highest BCUT2D eigenvalue weighted by molar-refractivity contribution is 7.14. The lowest BCUT2D eigenvalue weighted by atomic mass is 9.96. The van der Waals surface area contributed by atoms with Crippen LogP contribution in [0.4, 0.5) is 9.93 Å². The Labute approximate surface area is 161 Å². The Hall–Kier alpha value is -2.12. The number of halogens is 1. The molecule has 1 aliphatic rings. The summed E-state index contributed by atoms with van der Waals surface area (Å²) in [5.74, 6) is -0.172. The van der Waals surface area contributed by atoms with Crippen LogP contribution in [0.1, 0.15) is 19.8 Å². The van der Waals surface area contributed by atoms with E-state index in [1.165, 1.54) is 11.3 Å². The Kier molecular flexibility index (Phi) is 6.11. The van der Waals surface area contributed by atoms with E-state index in [-0.39, 0.29) is 17.9 Å². The highest BCUT2D eigenvalue weighted by atomic mass is 35.5. The molecule has 1 saturated heterocycles. The molecule has 0 unspecified atom stereocenters. The van der Waals surface area contributed by atoms with Gasteiger partial charge in [-0.1, -0.05) is 23.7 Å². The summed E-state index contributed by atoms with van der Waals surface area (Å²) in [4.78, 5) is 30.3. The number of hydrogen-bond acceptors (Lipinski definition) is 5. The number of anilines is 1. The van der Waals surface area contributed by atoms with Crippen molar-refractivity contribution in [3.8, 4) is 11.3 Å². The van der Waals surface area contributed by atoms with Gasteiger partial charge in [-0.3, -0.25) is 4.79 Å². The number of carbonyl (C=O) groups is 2. The van der Waals surface area contributed by atoms with Crippen molar-refractivity contribution in [3.63, 3.8) is 0 Å². The summed E-state index contributed by atoms with van der Waals surface area (Å²) in [5, 5.41) is 6.04. The molecule has 1 aromatic heterocycles. The lowest BCUT2D eigenvalue weighted by Crippen LogP contribution is -2.41. The minimum Gasteiger partial charge on any atom is -0.450 e. The summed E-state index contributed by atoms with van der Waals surface area (Å²) >= 11 is 7.29. The van der Waals surface area contributed by atoms with E-state index in [4.69, 9.17) is 16.3 Å². The minimum atomic E-state index is -0.307. The predicted molar refractivity (Wildman–Crippen MR) is 103 cm³/mol. The van der Waals surface area contributed by atoms with E-state index >= 15 is 0 Å². The maximum absolute atomic E-state index is 12.5. The topological polar surface area (TPSA) is 71.5 Å². The minimum absolute atomic E-state index is 0.0504. The second-order valence-corrected chi connectivity index (χ2v) is 7.29. The van der Waals surface area contributed by atoms with Gasteiger partial charge in [0.05, 0.1) is 12.3 Å². The van der Waals surface area contributed by atoms with Gasteiger partial charge in [0, 0.05) is 35.0 Å². The molecule has 2 aromatic rings. The molecule has 0 radical (unpaired) electrons. The van der Waals surface area contributed by atoms with Gasteiger partial charge in [0.2, 0.25) is 5.91 Å². The Bertz CT molecular complexity index is 770. The molecule has 1 fully saturated rings. The molecule has 0 saturated carbocycles. The first-order chi connectivity index (χ1) is 12.6. The SMILES string of the molecule is CCOC(=O)N1CCC(C(=O)Nc2nc(-c3ccc(Cl)cc3)cs2)CC1. The van der Waals surface area contributed by atoms with Crippen LogP contribution < -0.4 is 5.32 Å². The number of nitrogens with one attached hydrogen (secondary N) is 1. The fourth-order valence-electron chi connectivity index (χ4n) is 2.83. The van der Waals surface area contributed by atoms with Crippen LogP contribution in [0.3, 0.4) is 0 Å². The number of hydrogen-bond donors (Lipinski definition) is 1. The van der Waals surface area contributed by atoms with Crippen molar-refractivity contribution in [3.05, 3.63) is 34.7 Å². The predicted octanol–water partition coefficient (Wildman–Crippen LogP) is 4.27. The third-order valence-corrected chi connectivity index (χ3v) is 5.28. The molecule has 138 valence electrons. The number of benzene rings is 1. The summed E-state index contributed by atoms with van der Waals surface area (Å²) in [5.41, 5.74) is 1.76. The van der Waals surface area contributed by atoms with E-state index in [1.807, 2.05) is 29.6 Å². The lowest BCUT2D eigenvalue weighted by Gasteiger charge is -2.30. The molecular weight excluding hydrogens is 374 g/mol. The second-order valence-electron chi connectivity index (χ2n) is 5.99. The van der Waals surface area contributed by atoms with E-state index in [9.17, 15) is 9.59 Å². The molecule has 8 heteroatoms. The summed E-state index contributed by atoms with van der Waals surface area (Å²) in [6.45, 7) is 3.21. The monoisotopic (exact) mass is 393 g/mol. The Morgan fingerprint density at radius 3 is 2.65 bits per heavy atom. The first-order valence-electron chi connectivity index (χ1n) is 8.51. The molecule has 0 aliphatic carbocycles. The van der Waals surface area contributed by atoms with Crippen molar-refractivity contribution in [1.82, 2.24) is 9.88 Å². The molecular formula is C18H20ClN3O3S. The first kappa shape index (κ1) is 18.7. The van der Waals surface area contributed by atoms with Crippen molar-refractivity contribution in [2.24, 2.45) is 5.92 Å². The van der Waals surface area contributed by atoms with Gasteiger partial charge in [-0.15, -0.1) is 11.3 Å². The number of likely N-dealkylation sites (tertiary alicyclic amines) is 1. The standard InChI is InChI=1S/C18H20ClN3O3S/c1-2-25-18(24)22-9-7-13(8-10-22)16(23)21-17-20-15(11-26-17)12-3-5-14(19)6-4-12/h3-6,11,13H,2,7-10H2,1H3,(H,20,21,23). The summed E-state index contributed by atoms with van der Waals surface area (Å²) in [6.07, 6.45) is 0.944. The smallest absolute Gasteiger partial charge is 0.409 e. The summed E-state index contributed by atoms with van der Waals surface area (Å²) in [6, 6.07) is 7.42. The second kappa shape index (κ2) is 8.51. The number of carbonyl (C=O) groups excluding carboxylic acids is 2. The van der Waals surface area contributed by atoms with E-state index < -0.39 is 0 Å². The van der Waals surface area contributed by atoms with Crippen LogP contribution in [0.25, 0.3) is 11.3 Å². The summed E-state index contributed by atoms with van der Waals surface area (Å²) < 4.78 is 4.99. The van der Waals surface area contributed by atoms with Crippen molar-refractivity contribution in [2.45, 2.75) is 19.8 Å². The normalized spacial score (nSPS) is 14.9. The quantitative estimate of drug-likeness (QED) is 0.841. The van der Waals surface area contributed by atoms with E-state index in [1.54, 1.807) is 11.8 Å². The third-order valence-electron chi connectivity index (χ3n) is 4.27. The van der Waals surface area contributed by atoms with E-state index in [0.717, 1.165) is 11.3 Å². The zero-order valence-corrected chi connectivity index (χ0v) is 16.0. The van der Waals surface area contributed by atoms with Crippen molar-refractivity contribution in [2.75, 3.05) is 25.0 Å². The molecule has 26 heavy (non-hydrogen) atoms. The largest absolute Gasteiger partial charge is 0.450 e. The number of rotatable bonds is 4. The number of thiazole rings is 1. The average Bonchev–Trinajstić information content (AvgIpc) is 3.11. The van der Waals surface area contributed by atoms with Gasteiger partial charge < -0.3 is 15.0 Å². The molecule has 3 rings (SSSR count). The van der Waals surface area contributed by atoms with Gasteiger partial charge in [-0.25, -0.2) is 9.78 Å². The Morgan fingerprint density at radius 2 is 2.00 bits per heavy atom. The Morgan fingerprint density at radius 1 is 1.31 bits per heavy atom. The summed E-state index contributed by atoms with van der Waals surface area (Å²) in [7, 11) is 0. The fraction of sp³-hybridized carbons (Fsp3) is 0.389. The molecule has 0 atom stereocenters. The maximum atomic E-state index is 12.5. The number of piperidine rings is 1. The van der Waals surface area contributed by atoms with Crippen molar-refractivity contribution >= 4 is 40.1 Å². The number of aromatic nitrogens is 1. The van der Waals surface area contributed by atoms with Gasteiger partial charge in [0.25, 0.3) is 0 Å². The van der Waals surface area contributed by atoms with Crippen LogP contribution in [0.5, 0.6) is 0 Å². The van der Waals surface area contributed by atoms with Gasteiger partial charge in [-0.05, 0) is 31.9 Å². The Balaban J connectivity index is 1.54. The highest BCUT2D eigenvalue weighted by Gasteiger charge is 2.28. The molecule has 1 aliphatic heterocycles. The van der Waals surface area contributed by atoms with Crippen LogP contribution in [-0.2, 0) is 9.53 Å². The third kappa shape index (κ3) is 4.53. The van der Waals surface area contributed by atoms with Gasteiger partial charge >= 0.3 is 6.09 Å².